The van der Waals surface area contributed by atoms with Crippen LogP contribution in [-0.2, 0) is 25.5 Å². The Morgan fingerprint density at radius 2 is 2.00 bits per heavy atom. The van der Waals surface area contributed by atoms with Crippen molar-refractivity contribution in [2.75, 3.05) is 27.9 Å². The van der Waals surface area contributed by atoms with Gasteiger partial charge in [-0.3, -0.25) is 4.79 Å². The summed E-state index contributed by atoms with van der Waals surface area (Å²) in [6, 6.07) is 5.12. The molecule has 2 N–H and O–H groups in total. The molecule has 30 heavy (non-hydrogen) atoms. The van der Waals surface area contributed by atoms with Crippen molar-refractivity contribution in [1.82, 2.24) is 20.2 Å². The largest absolute Gasteiger partial charge is 0.496 e. The number of imidazole rings is 1. The van der Waals surface area contributed by atoms with Gasteiger partial charge >= 0.3 is 18.0 Å². The maximum absolute atomic E-state index is 13.2. The van der Waals surface area contributed by atoms with Crippen molar-refractivity contribution in [2.24, 2.45) is 0 Å². The molecule has 1 aliphatic heterocycles. The summed E-state index contributed by atoms with van der Waals surface area (Å²) in [6.45, 7) is 0.371. The highest BCUT2D eigenvalue weighted by Crippen LogP contribution is 2.37. The van der Waals surface area contributed by atoms with E-state index in [1.165, 1.54) is 14.2 Å². The molecule has 10 nitrogen and oxygen atoms in total. The van der Waals surface area contributed by atoms with Crippen LogP contribution in [0.25, 0.3) is 0 Å². The van der Waals surface area contributed by atoms with E-state index in [9.17, 15) is 14.4 Å². The Kier molecular flexibility index (Phi) is 6.55. The van der Waals surface area contributed by atoms with E-state index in [-0.39, 0.29) is 6.42 Å². The maximum Gasteiger partial charge on any atom is 0.329 e. The van der Waals surface area contributed by atoms with Crippen LogP contribution in [0.3, 0.4) is 0 Å². The standard InChI is InChI=1S/C20H24N4O6/c1-28-15-7-5-4-6-12(15)18-17-13(21-11-22-17)8-9-24(18)20(27)23-14(19(26)30-3)10-16(25)29-2/h4-7,11,14,18H,8-10H2,1-3H3,(H,21,22)(H,23,27)/t14-,18+/m1/s1. The van der Waals surface area contributed by atoms with E-state index in [0.717, 1.165) is 11.3 Å². The first kappa shape index (κ1) is 21.2. The van der Waals surface area contributed by atoms with Gasteiger partial charge in [0.2, 0.25) is 0 Å². The Bertz CT molecular complexity index is 928. The van der Waals surface area contributed by atoms with Crippen LogP contribution in [0.1, 0.15) is 29.4 Å². The van der Waals surface area contributed by atoms with Crippen molar-refractivity contribution in [3.8, 4) is 5.75 Å². The highest BCUT2D eigenvalue weighted by Gasteiger charge is 2.37. The number of H-pyrrole nitrogens is 1. The molecule has 0 fully saturated rings. The summed E-state index contributed by atoms with van der Waals surface area (Å²) < 4.78 is 14.8. The lowest BCUT2D eigenvalue weighted by molar-refractivity contribution is -0.149. The fourth-order valence-corrected chi connectivity index (χ4v) is 3.52. The van der Waals surface area contributed by atoms with E-state index in [1.54, 1.807) is 24.4 Å². The van der Waals surface area contributed by atoms with Gasteiger partial charge in [-0.2, -0.15) is 0 Å². The van der Waals surface area contributed by atoms with E-state index >= 15 is 0 Å². The topological polar surface area (TPSA) is 123 Å². The third-order valence-electron chi connectivity index (χ3n) is 5.00. The average Bonchev–Trinajstić information content (AvgIpc) is 3.26. The summed E-state index contributed by atoms with van der Waals surface area (Å²) in [5.74, 6) is -0.768. The highest BCUT2D eigenvalue weighted by molar-refractivity contribution is 5.87. The second kappa shape index (κ2) is 9.29. The fraction of sp³-hybridized carbons (Fsp3) is 0.400. The SMILES string of the molecule is COC(=O)C[C@@H](NC(=O)N1CCc2[nH]cnc2[C@@H]1c1ccccc1OC)C(=O)OC. The zero-order chi connectivity index (χ0) is 21.7. The predicted molar refractivity (Wildman–Crippen MR) is 105 cm³/mol. The van der Waals surface area contributed by atoms with Crippen LogP contribution in [0.2, 0.25) is 0 Å². The smallest absolute Gasteiger partial charge is 0.329 e. The molecule has 2 amide bonds. The van der Waals surface area contributed by atoms with Crippen LogP contribution >= 0.6 is 0 Å². The predicted octanol–water partition coefficient (Wildman–Crippen LogP) is 1.18. The number of carbonyl (C=O) groups is 3. The minimum absolute atomic E-state index is 0.338. The lowest BCUT2D eigenvalue weighted by atomic mass is 9.95. The van der Waals surface area contributed by atoms with E-state index < -0.39 is 30.1 Å². The van der Waals surface area contributed by atoms with E-state index in [0.29, 0.717) is 24.4 Å². The summed E-state index contributed by atoms with van der Waals surface area (Å²) in [5.41, 5.74) is 2.38. The fourth-order valence-electron chi connectivity index (χ4n) is 3.52. The van der Waals surface area contributed by atoms with Gasteiger partial charge in [0.25, 0.3) is 0 Å². The van der Waals surface area contributed by atoms with Crippen molar-refractivity contribution in [3.05, 3.63) is 47.5 Å². The van der Waals surface area contributed by atoms with Gasteiger partial charge in [-0.15, -0.1) is 0 Å². The minimum Gasteiger partial charge on any atom is -0.496 e. The Balaban J connectivity index is 1.93. The van der Waals surface area contributed by atoms with Gasteiger partial charge in [-0.25, -0.2) is 14.6 Å². The van der Waals surface area contributed by atoms with Crippen molar-refractivity contribution < 1.29 is 28.6 Å². The molecular formula is C20H24N4O6. The first-order valence-electron chi connectivity index (χ1n) is 9.37. The third-order valence-corrected chi connectivity index (χ3v) is 5.00. The number of amides is 2. The number of aromatic amines is 1. The maximum atomic E-state index is 13.2. The third kappa shape index (κ3) is 4.22. The minimum atomic E-state index is -1.17. The average molecular weight is 416 g/mol. The number of nitrogens with zero attached hydrogens (tertiary/aromatic N) is 2. The number of ether oxygens (including phenoxy) is 3. The van der Waals surface area contributed by atoms with Crippen LogP contribution in [0, 0.1) is 0 Å². The van der Waals surface area contributed by atoms with Gasteiger partial charge in [0.15, 0.2) is 0 Å². The number of esters is 2. The van der Waals surface area contributed by atoms with Gasteiger partial charge in [-0.1, -0.05) is 18.2 Å². The van der Waals surface area contributed by atoms with Gasteiger partial charge < -0.3 is 29.4 Å². The van der Waals surface area contributed by atoms with Crippen LogP contribution in [0.15, 0.2) is 30.6 Å². The molecule has 0 radical (unpaired) electrons. The molecule has 1 aromatic carbocycles. The summed E-state index contributed by atoms with van der Waals surface area (Å²) in [4.78, 5) is 46.0. The molecule has 0 saturated carbocycles. The number of methoxy groups -OCH3 is 3. The molecule has 0 aliphatic carbocycles. The van der Waals surface area contributed by atoms with E-state index in [4.69, 9.17) is 9.47 Å². The van der Waals surface area contributed by atoms with Crippen molar-refractivity contribution in [2.45, 2.75) is 24.9 Å². The molecule has 1 aromatic heterocycles. The summed E-state index contributed by atoms with van der Waals surface area (Å²) in [7, 11) is 3.95. The van der Waals surface area contributed by atoms with Gasteiger partial charge in [0.1, 0.15) is 17.8 Å². The van der Waals surface area contributed by atoms with Crippen LogP contribution in [-0.4, -0.2) is 66.8 Å². The highest BCUT2D eigenvalue weighted by atomic mass is 16.5. The Labute approximate surface area is 173 Å². The first-order valence-corrected chi connectivity index (χ1v) is 9.37. The molecule has 3 rings (SSSR count). The molecule has 10 heteroatoms. The monoisotopic (exact) mass is 416 g/mol. The number of hydrogen-bond donors (Lipinski definition) is 2. The quantitative estimate of drug-likeness (QED) is 0.678. The number of urea groups is 1. The second-order valence-electron chi connectivity index (χ2n) is 6.66. The molecule has 2 heterocycles. The Morgan fingerprint density at radius 3 is 2.70 bits per heavy atom. The lowest BCUT2D eigenvalue weighted by Gasteiger charge is -2.36. The normalized spacial score (nSPS) is 16.2. The Hall–Kier alpha value is -3.56. The van der Waals surface area contributed by atoms with Crippen LogP contribution in [0.5, 0.6) is 5.75 Å². The number of para-hydroxylation sites is 1. The first-order chi connectivity index (χ1) is 14.5. The van der Waals surface area contributed by atoms with Crippen molar-refractivity contribution >= 4 is 18.0 Å². The zero-order valence-electron chi connectivity index (χ0n) is 17.0. The number of hydrogen-bond acceptors (Lipinski definition) is 7. The molecule has 2 atom stereocenters. The Morgan fingerprint density at radius 1 is 1.23 bits per heavy atom. The summed E-state index contributed by atoms with van der Waals surface area (Å²) in [6.07, 6.45) is 1.81. The molecule has 2 aromatic rings. The van der Waals surface area contributed by atoms with Crippen LogP contribution < -0.4 is 10.1 Å². The molecule has 0 bridgehead atoms. The number of rotatable bonds is 6. The second-order valence-corrected chi connectivity index (χ2v) is 6.66. The van der Waals surface area contributed by atoms with Gasteiger partial charge in [0.05, 0.1) is 39.8 Å². The molecule has 0 spiro atoms. The molecule has 1 aliphatic rings. The number of benzene rings is 1. The molecular weight excluding hydrogens is 392 g/mol. The number of nitrogens with one attached hydrogen (secondary N) is 2. The van der Waals surface area contributed by atoms with E-state index in [2.05, 4.69) is 20.0 Å². The molecule has 160 valence electrons. The number of carbonyl (C=O) groups excluding carboxylic acids is 3. The van der Waals surface area contributed by atoms with Gasteiger partial charge in [-0.05, 0) is 6.07 Å². The number of aromatic nitrogens is 2. The summed E-state index contributed by atoms with van der Waals surface area (Å²) in [5, 5.41) is 2.60. The van der Waals surface area contributed by atoms with Gasteiger partial charge in [0, 0.05) is 24.2 Å². The summed E-state index contributed by atoms with van der Waals surface area (Å²) >= 11 is 0. The molecule has 0 saturated heterocycles. The van der Waals surface area contributed by atoms with Crippen molar-refractivity contribution in [3.63, 3.8) is 0 Å². The zero-order valence-corrected chi connectivity index (χ0v) is 17.0. The molecule has 0 unspecified atom stereocenters. The van der Waals surface area contributed by atoms with E-state index in [1.807, 2.05) is 18.2 Å². The lowest BCUT2D eigenvalue weighted by Crippen LogP contribution is -2.52. The number of fused-ring (bicyclic) bond motifs is 1. The van der Waals surface area contributed by atoms with Crippen molar-refractivity contribution in [1.29, 1.82) is 0 Å². The van der Waals surface area contributed by atoms with Crippen LogP contribution in [0.4, 0.5) is 4.79 Å².